The maximum atomic E-state index is 11.5. The zero-order chi connectivity index (χ0) is 29.2. The van der Waals surface area contributed by atoms with E-state index in [0.717, 1.165) is 17.2 Å². The summed E-state index contributed by atoms with van der Waals surface area (Å²) in [5, 5.41) is 12.1. The molecule has 3 nitrogen and oxygen atoms in total. The van der Waals surface area contributed by atoms with Crippen molar-refractivity contribution in [3.05, 3.63) is 77.2 Å². The summed E-state index contributed by atoms with van der Waals surface area (Å²) >= 11 is 0. The summed E-state index contributed by atoms with van der Waals surface area (Å²) in [5.74, 6) is 0.853. The van der Waals surface area contributed by atoms with E-state index in [-0.39, 0.29) is 42.5 Å². The molecule has 0 unspecified atom stereocenters. The molecule has 0 atom stereocenters. The smallest absolute Gasteiger partial charge is 0.164 e. The van der Waals surface area contributed by atoms with E-state index in [1.807, 2.05) is 47.7 Å². The molecule has 4 heteroatoms. The van der Waals surface area contributed by atoms with Crippen LogP contribution in [0.15, 0.2) is 54.4 Å². The average molecular weight is 719 g/mol. The van der Waals surface area contributed by atoms with Crippen LogP contribution >= 0.6 is 0 Å². The number of carbonyl (C=O) groups excluding carboxylic acids is 1. The number of aliphatic hydroxyl groups excluding tert-OH is 1. The van der Waals surface area contributed by atoms with Crippen molar-refractivity contribution < 1.29 is 30.0 Å². The van der Waals surface area contributed by atoms with Crippen LogP contribution < -0.4 is 0 Å². The van der Waals surface area contributed by atoms with Gasteiger partial charge in [-0.25, -0.2) is 0 Å². The third kappa shape index (κ3) is 9.11. The number of fused-ring (bicyclic) bond motifs is 1. The maximum absolute atomic E-state index is 11.5. The molecule has 1 radical (unpaired) electrons. The first-order chi connectivity index (χ1) is 17.9. The van der Waals surface area contributed by atoms with Gasteiger partial charge in [-0.2, -0.15) is 0 Å². The Hall–Kier alpha value is -2.29. The molecule has 1 saturated carbocycles. The Bertz CT molecular complexity index is 1340. The van der Waals surface area contributed by atoms with Crippen molar-refractivity contribution in [2.45, 2.75) is 106 Å². The van der Waals surface area contributed by atoms with Gasteiger partial charge in [0.25, 0.3) is 0 Å². The van der Waals surface area contributed by atoms with Crippen molar-refractivity contribution in [3.63, 3.8) is 0 Å². The van der Waals surface area contributed by atoms with Crippen molar-refractivity contribution in [1.82, 2.24) is 4.98 Å². The number of ketones is 1. The first-order valence-corrected chi connectivity index (χ1v) is 14.4. The number of nitrogens with zero attached hydrogens (tertiary/aromatic N) is 1. The van der Waals surface area contributed by atoms with E-state index in [9.17, 15) is 9.90 Å². The van der Waals surface area contributed by atoms with E-state index in [4.69, 9.17) is 4.98 Å². The van der Waals surface area contributed by atoms with Crippen molar-refractivity contribution in [1.29, 1.82) is 0 Å². The molecule has 1 aliphatic rings. The predicted octanol–water partition coefficient (Wildman–Crippen LogP) is 10.1. The molecule has 40 heavy (non-hydrogen) atoms. The van der Waals surface area contributed by atoms with E-state index in [0.29, 0.717) is 0 Å². The van der Waals surface area contributed by atoms with Gasteiger partial charge in [0, 0.05) is 43.2 Å². The van der Waals surface area contributed by atoms with Gasteiger partial charge < -0.3 is 10.1 Å². The monoisotopic (exact) mass is 719 g/mol. The summed E-state index contributed by atoms with van der Waals surface area (Å²) in [6.07, 6.45) is 8.80. The fourth-order valence-electron chi connectivity index (χ4n) is 4.66. The van der Waals surface area contributed by atoms with Gasteiger partial charge in [-0.15, -0.1) is 34.9 Å². The zero-order valence-electron chi connectivity index (χ0n) is 26.2. The summed E-state index contributed by atoms with van der Waals surface area (Å²) in [4.78, 5) is 16.3. The second-order valence-corrected chi connectivity index (χ2v) is 14.3. The maximum Gasteiger partial charge on any atom is 0.164 e. The Labute approximate surface area is 256 Å². The minimum atomic E-state index is -0.417. The Morgan fingerprint density at radius 1 is 0.900 bits per heavy atom. The molecule has 3 aromatic rings. The third-order valence-electron chi connectivity index (χ3n) is 7.49. The van der Waals surface area contributed by atoms with E-state index >= 15 is 0 Å². The molecular weight excluding hydrogens is 671 g/mol. The molecule has 1 heterocycles. The van der Waals surface area contributed by atoms with E-state index < -0.39 is 5.41 Å². The van der Waals surface area contributed by atoms with Gasteiger partial charge in [0.1, 0.15) is 5.76 Å². The van der Waals surface area contributed by atoms with Crippen molar-refractivity contribution in [3.8, 4) is 11.3 Å². The van der Waals surface area contributed by atoms with Crippen molar-refractivity contribution in [2.75, 3.05) is 0 Å². The number of aryl methyl sites for hydroxylation is 1. The summed E-state index contributed by atoms with van der Waals surface area (Å²) < 4.78 is 0. The molecule has 0 amide bonds. The van der Waals surface area contributed by atoms with Crippen LogP contribution in [-0.4, -0.2) is 15.9 Å². The molecule has 0 bridgehead atoms. The van der Waals surface area contributed by atoms with Gasteiger partial charge in [-0.3, -0.25) is 4.79 Å². The first kappa shape index (κ1) is 33.9. The van der Waals surface area contributed by atoms with E-state index in [1.54, 1.807) is 0 Å². The molecule has 2 aromatic carbocycles. The summed E-state index contributed by atoms with van der Waals surface area (Å²) in [7, 11) is 0. The number of hydrogen-bond acceptors (Lipinski definition) is 3. The SMILES string of the molecule is CC(C)(C)C(=O)/C=C(\O)C(C)(C)C.Cc1[c-]c(-c2cc3ccc(C4CCCC4)cc3cn2)cc(C(C)(C)C)c1.[Ir]. The van der Waals surface area contributed by atoms with Gasteiger partial charge >= 0.3 is 0 Å². The second kappa shape index (κ2) is 13.1. The van der Waals surface area contributed by atoms with Crippen LogP contribution in [0.1, 0.15) is 111 Å². The Morgan fingerprint density at radius 3 is 2.08 bits per heavy atom. The molecular formula is C36H48IrNO2-. The normalized spacial score (nSPS) is 14.9. The predicted molar refractivity (Wildman–Crippen MR) is 165 cm³/mol. The topological polar surface area (TPSA) is 50.2 Å². The van der Waals surface area contributed by atoms with Crippen LogP contribution in [-0.2, 0) is 30.3 Å². The number of aliphatic hydroxyl groups is 1. The summed E-state index contributed by atoms with van der Waals surface area (Å²) in [6.45, 7) is 20.0. The molecule has 1 fully saturated rings. The Kier molecular flexibility index (Phi) is 11.1. The fourth-order valence-corrected chi connectivity index (χ4v) is 4.66. The van der Waals surface area contributed by atoms with Crippen LogP contribution in [0.3, 0.4) is 0 Å². The Balaban J connectivity index is 0.000000344. The van der Waals surface area contributed by atoms with Crippen LogP contribution in [0.2, 0.25) is 0 Å². The number of carbonyl (C=O) groups is 1. The van der Waals surface area contributed by atoms with Crippen molar-refractivity contribution in [2.24, 2.45) is 10.8 Å². The molecule has 1 aromatic heterocycles. The van der Waals surface area contributed by atoms with Crippen LogP contribution in [0.5, 0.6) is 0 Å². The molecule has 219 valence electrons. The number of benzene rings is 2. The van der Waals surface area contributed by atoms with Gasteiger partial charge in [0.05, 0.1) is 0 Å². The number of pyridine rings is 1. The van der Waals surface area contributed by atoms with Crippen molar-refractivity contribution >= 4 is 16.6 Å². The Morgan fingerprint density at radius 2 is 1.52 bits per heavy atom. The summed E-state index contributed by atoms with van der Waals surface area (Å²) in [6, 6.07) is 17.1. The molecule has 0 spiro atoms. The van der Waals surface area contributed by atoms with Crippen LogP contribution in [0, 0.1) is 23.8 Å². The average Bonchev–Trinajstić information content (AvgIpc) is 3.37. The molecule has 4 rings (SSSR count). The molecule has 0 saturated heterocycles. The summed E-state index contributed by atoms with van der Waals surface area (Å²) in [5.41, 5.74) is 5.47. The minimum Gasteiger partial charge on any atom is -0.512 e. The molecule has 1 aliphatic carbocycles. The van der Waals surface area contributed by atoms with Gasteiger partial charge in [-0.1, -0.05) is 100 Å². The third-order valence-corrected chi connectivity index (χ3v) is 7.49. The van der Waals surface area contributed by atoms with Gasteiger partial charge in [0.2, 0.25) is 0 Å². The van der Waals surface area contributed by atoms with E-state index in [2.05, 4.69) is 70.2 Å². The number of hydrogen-bond donors (Lipinski definition) is 1. The fraction of sp³-hybridized carbons (Fsp3) is 0.500. The van der Waals surface area contributed by atoms with Gasteiger partial charge in [-0.05, 0) is 52.3 Å². The van der Waals surface area contributed by atoms with Crippen LogP contribution in [0.25, 0.3) is 22.0 Å². The molecule has 1 N–H and O–H groups in total. The second-order valence-electron chi connectivity index (χ2n) is 14.3. The minimum absolute atomic E-state index is 0. The molecule has 0 aliphatic heterocycles. The number of aromatic nitrogens is 1. The van der Waals surface area contributed by atoms with E-state index in [1.165, 1.54) is 59.2 Å². The zero-order valence-corrected chi connectivity index (χ0v) is 28.6. The number of allylic oxidation sites excluding steroid dienone is 2. The van der Waals surface area contributed by atoms with Crippen LogP contribution in [0.4, 0.5) is 0 Å². The largest absolute Gasteiger partial charge is 0.512 e. The quantitative estimate of drug-likeness (QED) is 0.167. The standard InChI is InChI=1S/C25H28N.C11H20O2.Ir/c1-17-11-21(14-23(12-17)25(2,3)4)24-15-20-10-9-19(13-22(20)16-26-24)18-7-5-6-8-18;1-10(2,3)8(12)7-9(13)11(4,5)6;/h9-10,12-16,18H,5-8H2,1-4H3;7,12H,1-6H3;/q-1;;/b;8-7-;. The first-order valence-electron chi connectivity index (χ1n) is 14.4. The number of rotatable bonds is 3. The van der Waals surface area contributed by atoms with Gasteiger partial charge in [0.15, 0.2) is 5.78 Å².